The van der Waals surface area contributed by atoms with Crippen molar-refractivity contribution in [2.45, 2.75) is 18.2 Å². The molecule has 92 valence electrons. The molecule has 0 unspecified atom stereocenters. The van der Waals surface area contributed by atoms with Crippen LogP contribution in [0, 0.1) is 0 Å². The molecule has 1 aromatic carbocycles. The van der Waals surface area contributed by atoms with Crippen molar-refractivity contribution < 1.29 is 19.4 Å². The molecule has 0 aliphatic rings. The van der Waals surface area contributed by atoms with Crippen LogP contribution in [0.1, 0.15) is 23.7 Å². The predicted octanol–water partition coefficient (Wildman–Crippen LogP) is 2.43. The van der Waals surface area contributed by atoms with Gasteiger partial charge in [0.1, 0.15) is 0 Å². The van der Waals surface area contributed by atoms with E-state index in [2.05, 4.69) is 0 Å². The van der Waals surface area contributed by atoms with Crippen molar-refractivity contribution in [3.63, 3.8) is 0 Å². The number of aromatic carboxylic acids is 1. The first-order valence-corrected chi connectivity index (χ1v) is 6.24. The molecule has 5 heteroatoms. The van der Waals surface area contributed by atoms with Crippen molar-refractivity contribution in [2.75, 3.05) is 12.4 Å². The summed E-state index contributed by atoms with van der Waals surface area (Å²) in [6.07, 6.45) is 0.360. The van der Waals surface area contributed by atoms with E-state index < -0.39 is 5.97 Å². The number of carboxylic acid groups (broad SMARTS) is 1. The fourth-order valence-corrected chi connectivity index (χ4v) is 2.01. The molecular formula is C12H14O4S. The number of ether oxygens (including phenoxy) is 1. The third kappa shape index (κ3) is 4.91. The van der Waals surface area contributed by atoms with Crippen molar-refractivity contribution in [3.8, 4) is 0 Å². The fraction of sp³-hybridized carbons (Fsp3) is 0.333. The van der Waals surface area contributed by atoms with Gasteiger partial charge in [-0.25, -0.2) is 4.79 Å². The number of benzene rings is 1. The molecule has 4 nitrogen and oxygen atoms in total. The van der Waals surface area contributed by atoms with Gasteiger partial charge in [0.25, 0.3) is 0 Å². The Morgan fingerprint density at radius 3 is 2.47 bits per heavy atom. The molecule has 1 N–H and O–H groups in total. The molecule has 0 aromatic heterocycles. The summed E-state index contributed by atoms with van der Waals surface area (Å²) in [5.41, 5.74) is 0.264. The lowest BCUT2D eigenvalue weighted by Crippen LogP contribution is -2.04. The second-order valence-electron chi connectivity index (χ2n) is 3.23. The molecular weight excluding hydrogens is 240 g/mol. The van der Waals surface area contributed by atoms with E-state index in [1.165, 1.54) is 11.8 Å². The second kappa shape index (κ2) is 6.96. The Kier molecular flexibility index (Phi) is 5.56. The zero-order valence-electron chi connectivity index (χ0n) is 9.51. The van der Waals surface area contributed by atoms with Gasteiger partial charge in [0.2, 0.25) is 0 Å². The smallest absolute Gasteiger partial charge is 0.335 e. The highest BCUT2D eigenvalue weighted by atomic mass is 32.2. The van der Waals surface area contributed by atoms with Gasteiger partial charge in [-0.3, -0.25) is 4.79 Å². The first-order chi connectivity index (χ1) is 8.13. The molecule has 0 radical (unpaired) electrons. The third-order valence-electron chi connectivity index (χ3n) is 1.98. The van der Waals surface area contributed by atoms with E-state index >= 15 is 0 Å². The summed E-state index contributed by atoms with van der Waals surface area (Å²) in [6.45, 7) is 2.17. The van der Waals surface area contributed by atoms with E-state index in [0.717, 1.165) is 4.90 Å². The van der Waals surface area contributed by atoms with Crippen molar-refractivity contribution in [1.82, 2.24) is 0 Å². The number of carboxylic acids is 1. The van der Waals surface area contributed by atoms with Crippen LogP contribution in [-0.2, 0) is 9.53 Å². The largest absolute Gasteiger partial charge is 0.478 e. The zero-order valence-corrected chi connectivity index (χ0v) is 10.3. The van der Waals surface area contributed by atoms with E-state index in [-0.39, 0.29) is 11.5 Å². The quantitative estimate of drug-likeness (QED) is 0.624. The average molecular weight is 254 g/mol. The van der Waals surface area contributed by atoms with Crippen molar-refractivity contribution >= 4 is 23.7 Å². The number of rotatable bonds is 6. The summed E-state index contributed by atoms with van der Waals surface area (Å²) in [6, 6.07) is 6.57. The Morgan fingerprint density at radius 1 is 1.29 bits per heavy atom. The predicted molar refractivity (Wildman–Crippen MR) is 65.4 cm³/mol. The van der Waals surface area contributed by atoms with Crippen LogP contribution in [0.2, 0.25) is 0 Å². The van der Waals surface area contributed by atoms with Crippen molar-refractivity contribution in [3.05, 3.63) is 29.8 Å². The average Bonchev–Trinajstić information content (AvgIpc) is 2.30. The highest BCUT2D eigenvalue weighted by Crippen LogP contribution is 2.19. The van der Waals surface area contributed by atoms with Crippen LogP contribution in [0.3, 0.4) is 0 Å². The summed E-state index contributed by atoms with van der Waals surface area (Å²) < 4.78 is 4.80. The van der Waals surface area contributed by atoms with Crippen LogP contribution in [0.15, 0.2) is 29.2 Å². The lowest BCUT2D eigenvalue weighted by atomic mass is 10.2. The van der Waals surface area contributed by atoms with Crippen molar-refractivity contribution in [1.29, 1.82) is 0 Å². The maximum absolute atomic E-state index is 11.1. The number of esters is 1. The van der Waals surface area contributed by atoms with Gasteiger partial charge in [0, 0.05) is 10.6 Å². The van der Waals surface area contributed by atoms with Gasteiger partial charge in [-0.05, 0) is 31.2 Å². The molecule has 0 bridgehead atoms. The van der Waals surface area contributed by atoms with Gasteiger partial charge in [0.15, 0.2) is 0 Å². The maximum Gasteiger partial charge on any atom is 0.335 e. The van der Waals surface area contributed by atoms with Gasteiger partial charge in [-0.1, -0.05) is 0 Å². The molecule has 1 aromatic rings. The molecule has 1 rings (SSSR count). The lowest BCUT2D eigenvalue weighted by Gasteiger charge is -2.02. The number of thioether (sulfide) groups is 1. The van der Waals surface area contributed by atoms with Crippen LogP contribution in [0.4, 0.5) is 0 Å². The summed E-state index contributed by atoms with van der Waals surface area (Å²) in [5, 5.41) is 8.72. The molecule has 0 saturated heterocycles. The van der Waals surface area contributed by atoms with Crippen LogP contribution < -0.4 is 0 Å². The van der Waals surface area contributed by atoms with Gasteiger partial charge in [0.05, 0.1) is 18.6 Å². The lowest BCUT2D eigenvalue weighted by molar-refractivity contribution is -0.142. The summed E-state index contributed by atoms with van der Waals surface area (Å²) in [5.74, 6) is -0.513. The second-order valence-corrected chi connectivity index (χ2v) is 4.40. The third-order valence-corrected chi connectivity index (χ3v) is 3.00. The van der Waals surface area contributed by atoms with Crippen LogP contribution in [0.5, 0.6) is 0 Å². The van der Waals surface area contributed by atoms with Crippen LogP contribution in [-0.4, -0.2) is 29.4 Å². The molecule has 0 spiro atoms. The zero-order chi connectivity index (χ0) is 12.7. The maximum atomic E-state index is 11.1. The Bertz CT molecular complexity index is 386. The molecule has 0 fully saturated rings. The number of hydrogen-bond donors (Lipinski definition) is 1. The monoisotopic (exact) mass is 254 g/mol. The molecule has 0 amide bonds. The van der Waals surface area contributed by atoms with E-state index in [1.807, 2.05) is 0 Å². The van der Waals surface area contributed by atoms with Gasteiger partial charge in [-0.2, -0.15) is 0 Å². The minimum absolute atomic E-state index is 0.206. The molecule has 0 aliphatic carbocycles. The Balaban J connectivity index is 2.37. The molecule has 0 saturated carbocycles. The van der Waals surface area contributed by atoms with Gasteiger partial charge in [-0.15, -0.1) is 11.8 Å². The summed E-state index contributed by atoms with van der Waals surface area (Å²) in [4.78, 5) is 22.6. The number of hydrogen-bond acceptors (Lipinski definition) is 4. The fourth-order valence-electron chi connectivity index (χ4n) is 1.18. The summed E-state index contributed by atoms with van der Waals surface area (Å²) in [7, 11) is 0. The van der Waals surface area contributed by atoms with E-state index in [9.17, 15) is 9.59 Å². The van der Waals surface area contributed by atoms with Crippen molar-refractivity contribution in [2.24, 2.45) is 0 Å². The van der Waals surface area contributed by atoms with Gasteiger partial charge < -0.3 is 9.84 Å². The highest BCUT2D eigenvalue weighted by Gasteiger charge is 2.04. The minimum Gasteiger partial charge on any atom is -0.478 e. The van der Waals surface area contributed by atoms with Crippen LogP contribution >= 0.6 is 11.8 Å². The minimum atomic E-state index is -0.937. The van der Waals surface area contributed by atoms with Crippen LogP contribution in [0.25, 0.3) is 0 Å². The topological polar surface area (TPSA) is 63.6 Å². The first kappa shape index (κ1) is 13.6. The standard InChI is InChI=1S/C12H14O4S/c1-2-16-11(13)7-8-17-10-5-3-9(4-6-10)12(14)15/h3-6H,2,7-8H2,1H3,(H,14,15). The number of carbonyl (C=O) groups is 2. The Hall–Kier alpha value is -1.49. The highest BCUT2D eigenvalue weighted by molar-refractivity contribution is 7.99. The van der Waals surface area contributed by atoms with E-state index in [4.69, 9.17) is 9.84 Å². The molecule has 0 aliphatic heterocycles. The molecule has 0 atom stereocenters. The Morgan fingerprint density at radius 2 is 1.94 bits per heavy atom. The summed E-state index contributed by atoms with van der Waals surface area (Å²) >= 11 is 1.50. The molecule has 0 heterocycles. The van der Waals surface area contributed by atoms with E-state index in [0.29, 0.717) is 18.8 Å². The SMILES string of the molecule is CCOC(=O)CCSc1ccc(C(=O)O)cc1. The molecule has 17 heavy (non-hydrogen) atoms. The first-order valence-electron chi connectivity index (χ1n) is 5.25. The number of carbonyl (C=O) groups excluding carboxylic acids is 1. The normalized spacial score (nSPS) is 9.94. The van der Waals surface area contributed by atoms with Gasteiger partial charge >= 0.3 is 11.9 Å². The Labute approximate surface area is 104 Å². The van der Waals surface area contributed by atoms with E-state index in [1.54, 1.807) is 31.2 Å².